The first-order chi connectivity index (χ1) is 8.31. The van der Waals surface area contributed by atoms with E-state index in [4.69, 9.17) is 10.5 Å². The molecular formula is C13H21N3O2. The molecule has 1 aromatic rings. The van der Waals surface area contributed by atoms with Gasteiger partial charge in [0.15, 0.2) is 0 Å². The van der Waals surface area contributed by atoms with Crippen LogP contribution in [0.15, 0.2) is 18.7 Å². The highest BCUT2D eigenvalue weighted by Gasteiger charge is 2.50. The van der Waals surface area contributed by atoms with Crippen LogP contribution in [0.3, 0.4) is 0 Å². The summed E-state index contributed by atoms with van der Waals surface area (Å²) in [6.45, 7) is 5.99. The number of hydrogen-bond acceptors (Lipinski definition) is 4. The van der Waals surface area contributed by atoms with Crippen LogP contribution < -0.4 is 5.73 Å². The first kappa shape index (κ1) is 13.1. The number of carbonyl (C=O) groups is 1. The standard InChI is InChI=1S/C13H21N3O2/c1-12(2,3)18-11(17)13(14,10-4-5-10)8-16-7-6-15-9-16/h6-7,9-10H,4-5,8,14H2,1-3H3. The Bertz CT molecular complexity index is 418. The molecule has 18 heavy (non-hydrogen) atoms. The largest absolute Gasteiger partial charge is 0.459 e. The maximum atomic E-state index is 12.3. The maximum Gasteiger partial charge on any atom is 0.328 e. The van der Waals surface area contributed by atoms with Crippen LogP contribution in [0.4, 0.5) is 0 Å². The van der Waals surface area contributed by atoms with Crippen LogP contribution in [0.2, 0.25) is 0 Å². The number of imidazole rings is 1. The van der Waals surface area contributed by atoms with Gasteiger partial charge in [0, 0.05) is 12.4 Å². The quantitative estimate of drug-likeness (QED) is 0.820. The van der Waals surface area contributed by atoms with Crippen LogP contribution in [0.25, 0.3) is 0 Å². The molecule has 1 fully saturated rings. The maximum absolute atomic E-state index is 12.3. The van der Waals surface area contributed by atoms with Gasteiger partial charge in [0.1, 0.15) is 11.1 Å². The zero-order valence-electron chi connectivity index (χ0n) is 11.2. The average Bonchev–Trinajstić information content (AvgIpc) is 2.97. The molecule has 1 heterocycles. The van der Waals surface area contributed by atoms with Crippen LogP contribution in [0.1, 0.15) is 33.6 Å². The van der Waals surface area contributed by atoms with Gasteiger partial charge in [-0.25, -0.2) is 9.78 Å². The highest BCUT2D eigenvalue weighted by molar-refractivity contribution is 5.81. The Morgan fingerprint density at radius 3 is 2.61 bits per heavy atom. The van der Waals surface area contributed by atoms with Gasteiger partial charge in [-0.05, 0) is 39.5 Å². The Morgan fingerprint density at radius 1 is 1.50 bits per heavy atom. The minimum atomic E-state index is -0.937. The van der Waals surface area contributed by atoms with Crippen molar-refractivity contribution in [2.45, 2.75) is 51.3 Å². The second kappa shape index (κ2) is 4.39. The van der Waals surface area contributed by atoms with E-state index in [1.807, 2.05) is 31.5 Å². The lowest BCUT2D eigenvalue weighted by atomic mass is 9.94. The van der Waals surface area contributed by atoms with Gasteiger partial charge >= 0.3 is 5.97 Å². The molecule has 1 aliphatic rings. The monoisotopic (exact) mass is 251 g/mol. The topological polar surface area (TPSA) is 70.1 Å². The molecule has 0 radical (unpaired) electrons. The van der Waals surface area contributed by atoms with E-state index in [0.29, 0.717) is 6.54 Å². The normalized spacial score (nSPS) is 19.3. The molecule has 0 aromatic carbocycles. The summed E-state index contributed by atoms with van der Waals surface area (Å²) >= 11 is 0. The second-order valence-electron chi connectivity index (χ2n) is 6.05. The van der Waals surface area contributed by atoms with E-state index in [1.165, 1.54) is 0 Å². The number of ether oxygens (including phenoxy) is 1. The lowest BCUT2D eigenvalue weighted by molar-refractivity contribution is -0.163. The molecule has 100 valence electrons. The predicted molar refractivity (Wildman–Crippen MR) is 67.7 cm³/mol. The van der Waals surface area contributed by atoms with Gasteiger partial charge in [-0.2, -0.15) is 0 Å². The molecule has 2 rings (SSSR count). The van der Waals surface area contributed by atoms with Gasteiger partial charge in [0.2, 0.25) is 0 Å². The smallest absolute Gasteiger partial charge is 0.328 e. The lowest BCUT2D eigenvalue weighted by Crippen LogP contribution is -2.55. The summed E-state index contributed by atoms with van der Waals surface area (Å²) in [7, 11) is 0. The summed E-state index contributed by atoms with van der Waals surface area (Å²) in [4.78, 5) is 16.3. The van der Waals surface area contributed by atoms with Crippen molar-refractivity contribution in [2.24, 2.45) is 11.7 Å². The highest BCUT2D eigenvalue weighted by atomic mass is 16.6. The number of rotatable bonds is 4. The molecule has 1 aliphatic carbocycles. The van der Waals surface area contributed by atoms with Gasteiger partial charge in [-0.3, -0.25) is 0 Å². The predicted octanol–water partition coefficient (Wildman–Crippen LogP) is 1.33. The molecule has 1 saturated carbocycles. The van der Waals surface area contributed by atoms with Crippen LogP contribution >= 0.6 is 0 Å². The number of aromatic nitrogens is 2. The van der Waals surface area contributed by atoms with Crippen molar-refractivity contribution in [3.8, 4) is 0 Å². The van der Waals surface area contributed by atoms with E-state index in [2.05, 4.69) is 4.98 Å². The van der Waals surface area contributed by atoms with E-state index in [1.54, 1.807) is 12.5 Å². The number of esters is 1. The minimum absolute atomic E-state index is 0.217. The second-order valence-corrected chi connectivity index (χ2v) is 6.05. The zero-order chi connectivity index (χ0) is 13.4. The molecule has 5 heteroatoms. The fourth-order valence-electron chi connectivity index (χ4n) is 2.01. The van der Waals surface area contributed by atoms with Crippen molar-refractivity contribution >= 4 is 5.97 Å². The van der Waals surface area contributed by atoms with E-state index < -0.39 is 11.1 Å². The lowest BCUT2D eigenvalue weighted by Gasteiger charge is -2.31. The molecule has 1 atom stereocenters. The molecule has 2 N–H and O–H groups in total. The van der Waals surface area contributed by atoms with E-state index in [0.717, 1.165) is 12.8 Å². The van der Waals surface area contributed by atoms with Gasteiger partial charge in [0.25, 0.3) is 0 Å². The molecule has 0 amide bonds. The van der Waals surface area contributed by atoms with E-state index in [-0.39, 0.29) is 11.9 Å². The van der Waals surface area contributed by atoms with Crippen molar-refractivity contribution in [1.29, 1.82) is 0 Å². The van der Waals surface area contributed by atoms with Crippen molar-refractivity contribution in [2.75, 3.05) is 0 Å². The molecule has 0 aliphatic heterocycles. The van der Waals surface area contributed by atoms with Crippen LogP contribution in [0, 0.1) is 5.92 Å². The summed E-state index contributed by atoms with van der Waals surface area (Å²) in [5, 5.41) is 0. The number of carbonyl (C=O) groups excluding carboxylic acids is 1. The number of nitrogens with two attached hydrogens (primary N) is 1. The first-order valence-electron chi connectivity index (χ1n) is 6.29. The molecule has 0 bridgehead atoms. The summed E-state index contributed by atoms with van der Waals surface area (Å²) in [6.07, 6.45) is 7.15. The van der Waals surface area contributed by atoms with E-state index in [9.17, 15) is 4.79 Å². The van der Waals surface area contributed by atoms with Crippen LogP contribution in [-0.4, -0.2) is 26.7 Å². The molecule has 0 spiro atoms. The number of hydrogen-bond donors (Lipinski definition) is 1. The summed E-state index contributed by atoms with van der Waals surface area (Å²) in [6, 6.07) is 0. The van der Waals surface area contributed by atoms with Gasteiger partial charge in [0.05, 0.1) is 12.9 Å². The fraction of sp³-hybridized carbons (Fsp3) is 0.692. The third-order valence-electron chi connectivity index (χ3n) is 3.09. The Balaban J connectivity index is 2.13. The van der Waals surface area contributed by atoms with E-state index >= 15 is 0 Å². The third kappa shape index (κ3) is 2.90. The molecule has 5 nitrogen and oxygen atoms in total. The Kier molecular flexibility index (Phi) is 3.19. The molecule has 1 aromatic heterocycles. The molecule has 0 saturated heterocycles. The van der Waals surface area contributed by atoms with Gasteiger partial charge < -0.3 is 15.0 Å². The Hall–Kier alpha value is -1.36. The van der Waals surface area contributed by atoms with Crippen molar-refractivity contribution < 1.29 is 9.53 Å². The zero-order valence-corrected chi connectivity index (χ0v) is 11.2. The summed E-state index contributed by atoms with van der Waals surface area (Å²) in [5.74, 6) is -0.0963. The Morgan fingerprint density at radius 2 is 2.17 bits per heavy atom. The minimum Gasteiger partial charge on any atom is -0.459 e. The van der Waals surface area contributed by atoms with Crippen molar-refractivity contribution in [1.82, 2.24) is 9.55 Å². The molecule has 1 unspecified atom stereocenters. The Labute approximate surface area is 107 Å². The van der Waals surface area contributed by atoms with Crippen LogP contribution in [-0.2, 0) is 16.1 Å². The average molecular weight is 251 g/mol. The SMILES string of the molecule is CC(C)(C)OC(=O)C(N)(Cn1ccnc1)C1CC1. The van der Waals surface area contributed by atoms with Gasteiger partial charge in [-0.1, -0.05) is 0 Å². The van der Waals surface area contributed by atoms with Crippen LogP contribution in [0.5, 0.6) is 0 Å². The number of nitrogens with zero attached hydrogens (tertiary/aromatic N) is 2. The third-order valence-corrected chi connectivity index (χ3v) is 3.09. The summed E-state index contributed by atoms with van der Waals surface area (Å²) < 4.78 is 7.29. The first-order valence-corrected chi connectivity index (χ1v) is 6.29. The molecular weight excluding hydrogens is 230 g/mol. The fourth-order valence-corrected chi connectivity index (χ4v) is 2.01. The van der Waals surface area contributed by atoms with Crippen molar-refractivity contribution in [3.63, 3.8) is 0 Å². The van der Waals surface area contributed by atoms with Crippen molar-refractivity contribution in [3.05, 3.63) is 18.7 Å². The highest BCUT2D eigenvalue weighted by Crippen LogP contribution is 2.40. The summed E-state index contributed by atoms with van der Waals surface area (Å²) in [5.41, 5.74) is 4.88. The van der Waals surface area contributed by atoms with Gasteiger partial charge in [-0.15, -0.1) is 0 Å².